The molecule has 4 rings (SSSR count). The van der Waals surface area contributed by atoms with Crippen molar-refractivity contribution < 1.29 is 22.2 Å². The predicted molar refractivity (Wildman–Crippen MR) is 71.8 cm³/mol. The van der Waals surface area contributed by atoms with E-state index in [4.69, 9.17) is 0 Å². The summed E-state index contributed by atoms with van der Waals surface area (Å²) in [4.78, 5) is 0. The van der Waals surface area contributed by atoms with Gasteiger partial charge in [-0.15, -0.1) is 0 Å². The van der Waals surface area contributed by atoms with Crippen LogP contribution in [-0.2, 0) is 17.1 Å². The molecule has 94 valence electrons. The van der Waals surface area contributed by atoms with Gasteiger partial charge >= 0.3 is 17.1 Å². The van der Waals surface area contributed by atoms with Gasteiger partial charge in [-0.1, -0.05) is 48.3 Å². The van der Waals surface area contributed by atoms with Gasteiger partial charge in [-0.3, -0.25) is 0 Å². The summed E-state index contributed by atoms with van der Waals surface area (Å²) >= 11 is 0. The zero-order valence-electron chi connectivity index (χ0n) is 10.2. The fourth-order valence-electron chi connectivity index (χ4n) is 2.23. The van der Waals surface area contributed by atoms with Gasteiger partial charge in [0.15, 0.2) is 0 Å². The average Bonchev–Trinajstić information content (AvgIpc) is 3.13. The van der Waals surface area contributed by atoms with Crippen LogP contribution in [0.15, 0.2) is 78.4 Å². The number of fused-ring (bicyclic) bond motifs is 2. The van der Waals surface area contributed by atoms with E-state index in [-0.39, 0.29) is 22.8 Å². The topological polar surface area (TPSA) is 23.1 Å². The van der Waals surface area contributed by atoms with Crippen molar-refractivity contribution in [3.8, 4) is 0 Å². The van der Waals surface area contributed by atoms with Crippen LogP contribution in [0.1, 0.15) is 0 Å². The van der Waals surface area contributed by atoms with E-state index in [0.717, 1.165) is 21.6 Å². The SMILES string of the molecule is [Fe+2].[O-]C1=c2ccccc2=C2C=CC=C12.c1cc[cH-]c1. The number of hydrogen-bond donors (Lipinski definition) is 0. The first-order valence-electron chi connectivity index (χ1n) is 5.94. The third-order valence-electron chi connectivity index (χ3n) is 3.08. The van der Waals surface area contributed by atoms with E-state index in [1.165, 1.54) is 0 Å². The Labute approximate surface area is 122 Å². The van der Waals surface area contributed by atoms with Crippen molar-refractivity contribution in [3.63, 3.8) is 0 Å². The van der Waals surface area contributed by atoms with Gasteiger partial charge in [-0.05, 0) is 21.6 Å². The average molecular weight is 288 g/mol. The van der Waals surface area contributed by atoms with E-state index in [9.17, 15) is 5.11 Å². The van der Waals surface area contributed by atoms with Gasteiger partial charge < -0.3 is 5.11 Å². The summed E-state index contributed by atoms with van der Waals surface area (Å²) in [5, 5.41) is 13.7. The van der Waals surface area contributed by atoms with Crippen LogP contribution in [0.3, 0.4) is 0 Å². The Balaban J connectivity index is 0.000000190. The molecule has 0 atom stereocenters. The predicted octanol–water partition coefficient (Wildman–Crippen LogP) is 1.22. The molecule has 0 aliphatic heterocycles. The van der Waals surface area contributed by atoms with E-state index >= 15 is 0 Å². The molecule has 2 heteroatoms. The number of allylic oxidation sites excluding steroid dienone is 3. The van der Waals surface area contributed by atoms with Gasteiger partial charge in [0, 0.05) is 0 Å². The summed E-state index contributed by atoms with van der Waals surface area (Å²) in [5.41, 5.74) is 1.93. The van der Waals surface area contributed by atoms with Gasteiger partial charge in [0.2, 0.25) is 0 Å². The molecule has 0 unspecified atom stereocenters. The molecular weight excluding hydrogens is 276 g/mol. The minimum atomic E-state index is 0. The molecule has 2 aliphatic rings. The molecule has 0 saturated carbocycles. The zero-order valence-corrected chi connectivity index (χ0v) is 11.3. The van der Waals surface area contributed by atoms with Crippen molar-refractivity contribution in [1.82, 2.24) is 0 Å². The van der Waals surface area contributed by atoms with Crippen molar-refractivity contribution >= 4 is 11.3 Å². The number of hydrogen-bond acceptors (Lipinski definition) is 1. The van der Waals surface area contributed by atoms with Crippen LogP contribution in [0.4, 0.5) is 0 Å². The Kier molecular flexibility index (Phi) is 4.16. The standard InChI is InChI=1S/C12H8O.C5H5.Fe/c13-12-10-5-2-1-4-8(10)9-6-3-7-11(9)12;1-2-4-5-3-1;/h1-7,13H;1-5H;/q;-1;+2/p-1. The van der Waals surface area contributed by atoms with Gasteiger partial charge in [0.1, 0.15) is 0 Å². The first kappa shape index (κ1) is 13.5. The van der Waals surface area contributed by atoms with E-state index in [1.54, 1.807) is 0 Å². The maximum absolute atomic E-state index is 11.7. The molecule has 2 aromatic rings. The van der Waals surface area contributed by atoms with E-state index in [2.05, 4.69) is 0 Å². The largest absolute Gasteiger partial charge is 2.00 e. The Morgan fingerprint density at radius 3 is 2.21 bits per heavy atom. The third-order valence-corrected chi connectivity index (χ3v) is 3.08. The van der Waals surface area contributed by atoms with Crippen molar-refractivity contribution in [2.24, 2.45) is 0 Å². The number of rotatable bonds is 0. The maximum atomic E-state index is 11.7. The van der Waals surface area contributed by atoms with Gasteiger partial charge in [-0.25, -0.2) is 12.1 Å². The molecule has 0 spiro atoms. The fraction of sp³-hybridized carbons (Fsp3) is 0. The molecule has 2 aliphatic carbocycles. The van der Waals surface area contributed by atoms with E-state index in [1.807, 2.05) is 72.8 Å². The summed E-state index contributed by atoms with van der Waals surface area (Å²) in [7, 11) is 0. The van der Waals surface area contributed by atoms with Crippen LogP contribution in [0.25, 0.3) is 11.3 Å². The Hall–Kier alpha value is -1.89. The molecular formula is C17H12FeO. The minimum Gasteiger partial charge on any atom is -0.872 e. The Morgan fingerprint density at radius 2 is 1.58 bits per heavy atom. The summed E-state index contributed by atoms with van der Waals surface area (Å²) in [6.45, 7) is 0. The smallest absolute Gasteiger partial charge is 0.872 e. The molecule has 0 fully saturated rings. The molecule has 0 bridgehead atoms. The van der Waals surface area contributed by atoms with Crippen LogP contribution in [0.5, 0.6) is 0 Å². The quantitative estimate of drug-likeness (QED) is 0.528. The molecule has 0 radical (unpaired) electrons. The maximum Gasteiger partial charge on any atom is 2.00 e. The van der Waals surface area contributed by atoms with Gasteiger partial charge in [0.25, 0.3) is 0 Å². The molecule has 2 aromatic carbocycles. The first-order chi connectivity index (χ1) is 8.88. The molecule has 0 heterocycles. The molecule has 0 aromatic heterocycles. The van der Waals surface area contributed by atoms with Crippen LogP contribution >= 0.6 is 0 Å². The second-order valence-electron chi connectivity index (χ2n) is 4.19. The van der Waals surface area contributed by atoms with Crippen LogP contribution in [0, 0.1) is 0 Å². The van der Waals surface area contributed by atoms with E-state index in [0.29, 0.717) is 0 Å². The van der Waals surface area contributed by atoms with Crippen LogP contribution in [-0.4, -0.2) is 0 Å². The second kappa shape index (κ2) is 5.83. The number of benzene rings is 1. The van der Waals surface area contributed by atoms with Crippen molar-refractivity contribution in [1.29, 1.82) is 0 Å². The molecule has 19 heavy (non-hydrogen) atoms. The van der Waals surface area contributed by atoms with Crippen molar-refractivity contribution in [3.05, 3.63) is 88.8 Å². The normalized spacial score (nSPS) is 14.0. The van der Waals surface area contributed by atoms with E-state index < -0.39 is 0 Å². The Bertz CT molecular complexity index is 717. The van der Waals surface area contributed by atoms with Crippen LogP contribution < -0.4 is 15.5 Å². The molecule has 1 nitrogen and oxygen atoms in total. The van der Waals surface area contributed by atoms with Gasteiger partial charge in [-0.2, -0.15) is 18.2 Å². The van der Waals surface area contributed by atoms with Crippen molar-refractivity contribution in [2.45, 2.75) is 0 Å². The molecule has 0 saturated heterocycles. The van der Waals surface area contributed by atoms with Crippen LogP contribution in [0.2, 0.25) is 0 Å². The fourth-order valence-corrected chi connectivity index (χ4v) is 2.23. The minimum absolute atomic E-state index is 0. The van der Waals surface area contributed by atoms with Gasteiger partial charge in [0.05, 0.1) is 0 Å². The summed E-state index contributed by atoms with van der Waals surface area (Å²) in [6.07, 6.45) is 5.81. The summed E-state index contributed by atoms with van der Waals surface area (Å²) in [5.74, 6) is 0.163. The second-order valence-corrected chi connectivity index (χ2v) is 4.19. The summed E-state index contributed by atoms with van der Waals surface area (Å²) in [6, 6.07) is 17.8. The van der Waals surface area contributed by atoms with Crippen molar-refractivity contribution in [2.75, 3.05) is 0 Å². The third kappa shape index (κ3) is 2.46. The monoisotopic (exact) mass is 288 g/mol. The molecule has 0 amide bonds. The zero-order chi connectivity index (χ0) is 12.4. The summed E-state index contributed by atoms with van der Waals surface area (Å²) < 4.78 is 0. The first-order valence-corrected chi connectivity index (χ1v) is 5.94. The molecule has 0 N–H and O–H groups in total. The Morgan fingerprint density at radius 1 is 0.895 bits per heavy atom.